The lowest BCUT2D eigenvalue weighted by molar-refractivity contribution is 0.0942. The number of anilines is 2. The van der Waals surface area contributed by atoms with Crippen LogP contribution in [0.3, 0.4) is 0 Å². The summed E-state index contributed by atoms with van der Waals surface area (Å²) in [6, 6.07) is 15.8. The Labute approximate surface area is 259 Å². The number of hydrogen-bond acceptors (Lipinski definition) is 7. The first-order chi connectivity index (χ1) is 20.7. The molecule has 0 aliphatic carbocycles. The average Bonchev–Trinajstić information content (AvgIpc) is 3.09. The van der Waals surface area contributed by atoms with Gasteiger partial charge in [-0.3, -0.25) is 20.5 Å². The lowest BCUT2D eigenvalue weighted by Crippen LogP contribution is -2.62. The maximum atomic E-state index is 14.8. The fourth-order valence-corrected chi connectivity index (χ4v) is 5.15. The molecule has 44 heavy (non-hydrogen) atoms. The Balaban J connectivity index is 0.00000384. The van der Waals surface area contributed by atoms with E-state index in [9.17, 15) is 13.6 Å². The molecule has 0 saturated carbocycles. The third kappa shape index (κ3) is 6.01. The first-order valence-corrected chi connectivity index (χ1v) is 13.9. The van der Waals surface area contributed by atoms with E-state index in [1.165, 1.54) is 18.2 Å². The van der Waals surface area contributed by atoms with Gasteiger partial charge in [0.05, 0.1) is 23.5 Å². The van der Waals surface area contributed by atoms with Crippen LogP contribution in [0.1, 0.15) is 34.5 Å². The average molecular weight is 617 g/mol. The molecule has 0 bridgehead atoms. The van der Waals surface area contributed by atoms with Crippen molar-refractivity contribution < 1.29 is 13.6 Å². The maximum absolute atomic E-state index is 14.8. The molecule has 4 aromatic rings. The van der Waals surface area contributed by atoms with Crippen molar-refractivity contribution in [1.82, 2.24) is 25.1 Å². The van der Waals surface area contributed by atoms with Gasteiger partial charge in [0, 0.05) is 58.3 Å². The molecule has 2 aliphatic heterocycles. The lowest BCUT2D eigenvalue weighted by atomic mass is 9.95. The molecule has 6 rings (SSSR count). The number of hydrogen-bond donors (Lipinski definition) is 3. The summed E-state index contributed by atoms with van der Waals surface area (Å²) in [6.07, 6.45) is 1.62. The molecule has 0 atom stereocenters. The van der Waals surface area contributed by atoms with Gasteiger partial charge in [-0.25, -0.2) is 18.7 Å². The number of carbonyl (C=O) groups excluding carboxylic acids is 1. The fourth-order valence-electron chi connectivity index (χ4n) is 4.98. The van der Waals surface area contributed by atoms with Crippen molar-refractivity contribution in [2.24, 2.45) is 4.99 Å². The van der Waals surface area contributed by atoms with E-state index in [2.05, 4.69) is 25.5 Å². The highest BCUT2D eigenvalue weighted by Gasteiger charge is 2.31. The monoisotopic (exact) mass is 616 g/mol. The van der Waals surface area contributed by atoms with E-state index < -0.39 is 11.6 Å². The topological polar surface area (TPSA) is 110 Å². The van der Waals surface area contributed by atoms with E-state index in [-0.39, 0.29) is 43.1 Å². The first kappa shape index (κ1) is 30.7. The molecule has 0 radical (unpaired) electrons. The zero-order valence-electron chi connectivity index (χ0n) is 23.3. The summed E-state index contributed by atoms with van der Waals surface area (Å²) in [5.41, 5.74) is 3.25. The van der Waals surface area contributed by atoms with Gasteiger partial charge in [-0.15, -0.1) is 0 Å². The smallest absolute Gasteiger partial charge is 0.257 e. The molecule has 1 amide bonds. The second-order valence-corrected chi connectivity index (χ2v) is 11.0. The summed E-state index contributed by atoms with van der Waals surface area (Å²) < 4.78 is 29.6. The van der Waals surface area contributed by atoms with Crippen molar-refractivity contribution >= 4 is 40.8 Å². The number of likely N-dealkylation sites (N-methyl/N-ethyl adjacent to an activating group) is 1. The second kappa shape index (κ2) is 12.5. The molecule has 226 valence electrons. The van der Waals surface area contributed by atoms with Crippen molar-refractivity contribution in [3.05, 3.63) is 106 Å². The Hall–Kier alpha value is -4.74. The molecule has 0 spiro atoms. The van der Waals surface area contributed by atoms with Gasteiger partial charge in [0.1, 0.15) is 11.6 Å². The molecular formula is C32H31ClF2N8O. The molecular weight excluding hydrogens is 586 g/mol. The summed E-state index contributed by atoms with van der Waals surface area (Å²) in [5, 5.41) is 14.4. The largest absolute Gasteiger partial charge is 0.340 e. The quantitative estimate of drug-likeness (QED) is 0.196. The Morgan fingerprint density at radius 1 is 1.05 bits per heavy atom. The number of carbonyl (C=O) groups is 1. The number of fused-ring (bicyclic) bond motifs is 3. The number of guanidine groups is 1. The highest BCUT2D eigenvalue weighted by molar-refractivity contribution is 6.31. The summed E-state index contributed by atoms with van der Waals surface area (Å²) in [6.45, 7) is 1.50. The molecule has 9 nitrogen and oxygen atoms in total. The number of aromatic nitrogens is 2. The van der Waals surface area contributed by atoms with E-state index in [1.807, 2.05) is 14.1 Å². The molecule has 2 aliphatic rings. The Morgan fingerprint density at radius 3 is 2.43 bits per heavy atom. The zero-order valence-corrected chi connectivity index (χ0v) is 24.1. The number of nitrogens with one attached hydrogen (secondary N) is 3. The highest BCUT2D eigenvalue weighted by Crippen LogP contribution is 2.34. The number of likely N-dealkylation sites (tertiary alicyclic amines) is 1. The van der Waals surface area contributed by atoms with Crippen molar-refractivity contribution in [2.75, 3.05) is 32.5 Å². The van der Waals surface area contributed by atoms with Crippen LogP contribution in [0.15, 0.2) is 71.9 Å². The number of aliphatic imine (C=N–C) groups is 1. The second-order valence-electron chi connectivity index (χ2n) is 10.5. The van der Waals surface area contributed by atoms with Crippen molar-refractivity contribution in [1.29, 1.82) is 5.41 Å². The van der Waals surface area contributed by atoms with Crippen LogP contribution in [0.2, 0.25) is 5.02 Å². The van der Waals surface area contributed by atoms with Crippen LogP contribution in [0, 0.1) is 17.0 Å². The van der Waals surface area contributed by atoms with E-state index in [1.54, 1.807) is 53.6 Å². The van der Waals surface area contributed by atoms with Gasteiger partial charge in [-0.2, -0.15) is 0 Å². The highest BCUT2D eigenvalue weighted by atomic mass is 35.5. The molecule has 1 aromatic heterocycles. The van der Waals surface area contributed by atoms with E-state index >= 15 is 0 Å². The molecule has 3 heterocycles. The van der Waals surface area contributed by atoms with Gasteiger partial charge in [0.2, 0.25) is 5.95 Å². The van der Waals surface area contributed by atoms with Crippen molar-refractivity contribution in [3.8, 4) is 11.3 Å². The van der Waals surface area contributed by atoms with Crippen LogP contribution < -0.4 is 10.6 Å². The third-order valence-electron chi connectivity index (χ3n) is 7.51. The maximum Gasteiger partial charge on any atom is 0.257 e. The van der Waals surface area contributed by atoms with Gasteiger partial charge in [0.15, 0.2) is 5.96 Å². The predicted molar refractivity (Wildman–Crippen MR) is 169 cm³/mol. The van der Waals surface area contributed by atoms with Crippen LogP contribution in [0.25, 0.3) is 11.3 Å². The SMILES string of the molecule is C.CN(C)C1CN(C(=N)NC(=O)c2ccc(Nc3ncc4c(n3)-c3ccc(Cl)cc3C(c3c(F)cccc3F)=NC4)cc2)C1. The van der Waals surface area contributed by atoms with Crippen molar-refractivity contribution in [2.45, 2.75) is 20.0 Å². The van der Waals surface area contributed by atoms with Gasteiger partial charge in [0.25, 0.3) is 5.91 Å². The lowest BCUT2D eigenvalue weighted by Gasteiger charge is -2.43. The summed E-state index contributed by atoms with van der Waals surface area (Å²) in [5.74, 6) is -1.46. The minimum atomic E-state index is -0.725. The van der Waals surface area contributed by atoms with Crippen LogP contribution >= 0.6 is 11.6 Å². The van der Waals surface area contributed by atoms with E-state index in [0.29, 0.717) is 57.8 Å². The molecule has 12 heteroatoms. The molecule has 1 fully saturated rings. The Morgan fingerprint density at radius 2 is 1.75 bits per heavy atom. The molecule has 3 N–H and O–H groups in total. The van der Waals surface area contributed by atoms with Gasteiger partial charge in [-0.1, -0.05) is 31.2 Å². The molecule has 1 saturated heterocycles. The standard InChI is InChI=1S/C31H27ClF2N8O.CH4/c1-41(2)21-15-42(16-21)30(35)40-29(43)17-6-9-20(10-7-17)38-31-37-14-18-13-36-28(26-24(33)4-3-5-25(26)34)23-12-19(32)8-11-22(23)27(18)39-31;/h3-12,14,21H,13,15-16H2,1-2H3,(H2,35,40,43)(H,37,38,39);1H4. The van der Waals surface area contributed by atoms with Crippen LogP contribution in [-0.2, 0) is 6.54 Å². The normalized spacial score (nSPS) is 14.0. The predicted octanol–water partition coefficient (Wildman–Crippen LogP) is 5.72. The van der Waals surface area contributed by atoms with Gasteiger partial charge in [-0.05, 0) is 62.6 Å². The first-order valence-electron chi connectivity index (χ1n) is 13.5. The molecule has 0 unspecified atom stereocenters. The van der Waals surface area contributed by atoms with Crippen LogP contribution in [-0.4, -0.2) is 70.6 Å². The Kier molecular flexibility index (Phi) is 8.70. The number of rotatable bonds is 5. The number of benzene rings is 3. The van der Waals surface area contributed by atoms with Crippen LogP contribution in [0.5, 0.6) is 0 Å². The van der Waals surface area contributed by atoms with Gasteiger partial charge >= 0.3 is 0 Å². The minimum absolute atomic E-state index is 0. The van der Waals surface area contributed by atoms with Gasteiger partial charge < -0.3 is 15.1 Å². The summed E-state index contributed by atoms with van der Waals surface area (Å²) in [4.78, 5) is 30.3. The number of amides is 1. The van der Waals surface area contributed by atoms with Crippen LogP contribution in [0.4, 0.5) is 20.4 Å². The summed E-state index contributed by atoms with van der Waals surface area (Å²) in [7, 11) is 3.98. The van der Waals surface area contributed by atoms with E-state index in [0.717, 1.165) is 0 Å². The minimum Gasteiger partial charge on any atom is -0.340 e. The van der Waals surface area contributed by atoms with E-state index in [4.69, 9.17) is 22.0 Å². The third-order valence-corrected chi connectivity index (χ3v) is 7.74. The molecule has 3 aromatic carbocycles. The Bertz CT molecular complexity index is 1750. The zero-order chi connectivity index (χ0) is 30.2. The summed E-state index contributed by atoms with van der Waals surface area (Å²) >= 11 is 6.30. The van der Waals surface area contributed by atoms with Crippen molar-refractivity contribution in [3.63, 3.8) is 0 Å². The fraction of sp³-hybridized carbons (Fsp3) is 0.219. The number of nitrogens with zero attached hydrogens (tertiary/aromatic N) is 5. The number of halogens is 3.